The number of nitrogens with two attached hydrogens (primary N) is 1. The van der Waals surface area contributed by atoms with Crippen LogP contribution in [-0.4, -0.2) is 25.3 Å². The first-order chi connectivity index (χ1) is 7.33. The van der Waals surface area contributed by atoms with Gasteiger partial charge in [0.1, 0.15) is 6.10 Å². The molecular weight excluding hydrogens is 192 g/mol. The van der Waals surface area contributed by atoms with Gasteiger partial charge in [-0.25, -0.2) is 4.79 Å². The second-order valence-corrected chi connectivity index (χ2v) is 3.73. The molecule has 3 N–H and O–H groups in total. The van der Waals surface area contributed by atoms with E-state index in [9.17, 15) is 4.79 Å². The summed E-state index contributed by atoms with van der Waals surface area (Å²) < 4.78 is 5.24. The number of alkyl carbamates (subject to hydrolysis) is 1. The van der Waals surface area contributed by atoms with Crippen LogP contribution >= 0.6 is 0 Å². The third kappa shape index (κ3) is 5.42. The van der Waals surface area contributed by atoms with Gasteiger partial charge in [-0.05, 0) is 31.8 Å². The predicted molar refractivity (Wildman–Crippen MR) is 59.6 cm³/mol. The summed E-state index contributed by atoms with van der Waals surface area (Å²) in [6.07, 6.45) is 9.24. The Morgan fingerprint density at radius 3 is 3.13 bits per heavy atom. The molecule has 0 spiro atoms. The number of rotatable bonds is 3. The van der Waals surface area contributed by atoms with E-state index in [0.717, 1.165) is 19.3 Å². The lowest BCUT2D eigenvalue weighted by molar-refractivity contribution is 0.113. The molecule has 15 heavy (non-hydrogen) atoms. The summed E-state index contributed by atoms with van der Waals surface area (Å²) in [5, 5.41) is 2.60. The highest BCUT2D eigenvalue weighted by Crippen LogP contribution is 2.14. The van der Waals surface area contributed by atoms with Crippen molar-refractivity contribution in [3.8, 4) is 0 Å². The summed E-state index contributed by atoms with van der Waals surface area (Å²) in [6, 6.07) is 0. The fourth-order valence-electron chi connectivity index (χ4n) is 1.58. The number of nitrogens with one attached hydrogen (secondary N) is 1. The lowest BCUT2D eigenvalue weighted by Crippen LogP contribution is -2.32. The SMILES string of the molecule is NCCNC(=O)OC1/C=C\CCCCC1. The van der Waals surface area contributed by atoms with Crippen molar-refractivity contribution >= 4 is 6.09 Å². The van der Waals surface area contributed by atoms with Crippen LogP contribution in [0.5, 0.6) is 0 Å². The van der Waals surface area contributed by atoms with Crippen LogP contribution in [0.15, 0.2) is 12.2 Å². The summed E-state index contributed by atoms with van der Waals surface area (Å²) in [5.74, 6) is 0. The van der Waals surface area contributed by atoms with Crippen molar-refractivity contribution in [1.29, 1.82) is 0 Å². The van der Waals surface area contributed by atoms with Crippen LogP contribution in [0.25, 0.3) is 0 Å². The summed E-state index contributed by atoms with van der Waals surface area (Å²) in [5.41, 5.74) is 5.27. The van der Waals surface area contributed by atoms with Gasteiger partial charge in [0.2, 0.25) is 0 Å². The van der Waals surface area contributed by atoms with Crippen molar-refractivity contribution in [2.45, 2.75) is 38.2 Å². The zero-order valence-electron chi connectivity index (χ0n) is 9.08. The molecule has 0 saturated carbocycles. The molecule has 0 aromatic rings. The van der Waals surface area contributed by atoms with Crippen molar-refractivity contribution in [3.63, 3.8) is 0 Å². The van der Waals surface area contributed by atoms with Gasteiger partial charge in [-0.1, -0.05) is 12.5 Å². The minimum Gasteiger partial charge on any atom is -0.442 e. The molecule has 4 nitrogen and oxygen atoms in total. The van der Waals surface area contributed by atoms with Gasteiger partial charge in [0, 0.05) is 13.1 Å². The van der Waals surface area contributed by atoms with Crippen molar-refractivity contribution in [1.82, 2.24) is 5.32 Å². The molecule has 0 aromatic heterocycles. The molecule has 0 fully saturated rings. The fourth-order valence-corrected chi connectivity index (χ4v) is 1.58. The minimum atomic E-state index is -0.365. The minimum absolute atomic E-state index is 0.0666. The van der Waals surface area contributed by atoms with Gasteiger partial charge >= 0.3 is 6.09 Å². The number of ether oxygens (including phenoxy) is 1. The van der Waals surface area contributed by atoms with E-state index >= 15 is 0 Å². The Morgan fingerprint density at radius 2 is 2.33 bits per heavy atom. The molecule has 1 amide bonds. The molecule has 1 aliphatic carbocycles. The molecule has 1 aliphatic rings. The number of carbonyl (C=O) groups is 1. The Bertz CT molecular complexity index is 217. The van der Waals surface area contributed by atoms with Crippen LogP contribution in [0.4, 0.5) is 4.79 Å². The van der Waals surface area contributed by atoms with Crippen molar-refractivity contribution in [2.24, 2.45) is 5.73 Å². The summed E-state index contributed by atoms with van der Waals surface area (Å²) in [7, 11) is 0. The number of allylic oxidation sites excluding steroid dienone is 1. The maximum absolute atomic E-state index is 11.2. The highest BCUT2D eigenvalue weighted by molar-refractivity contribution is 5.67. The molecule has 0 aromatic carbocycles. The molecular formula is C11H20N2O2. The Hall–Kier alpha value is -1.03. The van der Waals surface area contributed by atoms with Crippen LogP contribution < -0.4 is 11.1 Å². The highest BCUT2D eigenvalue weighted by Gasteiger charge is 2.11. The van der Waals surface area contributed by atoms with Crippen LogP contribution in [0.3, 0.4) is 0 Å². The Labute approximate surface area is 90.9 Å². The van der Waals surface area contributed by atoms with E-state index in [4.69, 9.17) is 10.5 Å². The zero-order chi connectivity index (χ0) is 10.9. The lowest BCUT2D eigenvalue weighted by Gasteiger charge is -2.16. The number of amides is 1. The zero-order valence-corrected chi connectivity index (χ0v) is 9.08. The third-order valence-electron chi connectivity index (χ3n) is 2.38. The lowest BCUT2D eigenvalue weighted by atomic mass is 10.0. The van der Waals surface area contributed by atoms with E-state index in [-0.39, 0.29) is 12.2 Å². The van der Waals surface area contributed by atoms with Gasteiger partial charge in [-0.2, -0.15) is 0 Å². The Balaban J connectivity index is 2.28. The first-order valence-corrected chi connectivity index (χ1v) is 5.64. The average molecular weight is 212 g/mol. The summed E-state index contributed by atoms with van der Waals surface area (Å²) >= 11 is 0. The molecule has 4 heteroatoms. The van der Waals surface area contributed by atoms with Crippen molar-refractivity contribution < 1.29 is 9.53 Å². The second-order valence-electron chi connectivity index (χ2n) is 3.73. The topological polar surface area (TPSA) is 64.3 Å². The molecule has 0 bridgehead atoms. The smallest absolute Gasteiger partial charge is 0.407 e. The number of hydrogen-bond acceptors (Lipinski definition) is 3. The Kier molecular flexibility index (Phi) is 5.85. The van der Waals surface area contributed by atoms with Gasteiger partial charge in [-0.15, -0.1) is 0 Å². The van der Waals surface area contributed by atoms with E-state index in [1.54, 1.807) is 0 Å². The van der Waals surface area contributed by atoms with Gasteiger partial charge in [0.25, 0.3) is 0 Å². The first-order valence-electron chi connectivity index (χ1n) is 5.64. The van der Waals surface area contributed by atoms with Crippen molar-refractivity contribution in [2.75, 3.05) is 13.1 Å². The average Bonchev–Trinajstić information content (AvgIpc) is 2.19. The third-order valence-corrected chi connectivity index (χ3v) is 2.38. The van der Waals surface area contributed by atoms with Crippen LogP contribution in [-0.2, 0) is 4.74 Å². The van der Waals surface area contributed by atoms with E-state index < -0.39 is 0 Å². The molecule has 1 atom stereocenters. The molecule has 1 unspecified atom stereocenters. The maximum Gasteiger partial charge on any atom is 0.407 e. The molecule has 0 aliphatic heterocycles. The molecule has 1 rings (SSSR count). The summed E-state index contributed by atoms with van der Waals surface area (Å²) in [6.45, 7) is 0.908. The first kappa shape index (κ1) is 12.0. The largest absolute Gasteiger partial charge is 0.442 e. The van der Waals surface area contributed by atoms with E-state index in [2.05, 4.69) is 11.4 Å². The molecule has 0 heterocycles. The number of carbonyl (C=O) groups excluding carboxylic acids is 1. The normalized spacial score (nSPS) is 23.7. The van der Waals surface area contributed by atoms with Crippen LogP contribution in [0.2, 0.25) is 0 Å². The van der Waals surface area contributed by atoms with Gasteiger partial charge in [-0.3, -0.25) is 0 Å². The van der Waals surface area contributed by atoms with E-state index in [0.29, 0.717) is 13.1 Å². The molecule has 0 radical (unpaired) electrons. The number of hydrogen-bond donors (Lipinski definition) is 2. The Morgan fingerprint density at radius 1 is 1.47 bits per heavy atom. The predicted octanol–water partition coefficient (Wildman–Crippen LogP) is 1.56. The van der Waals surface area contributed by atoms with Gasteiger partial charge in [0.15, 0.2) is 0 Å². The van der Waals surface area contributed by atoms with Gasteiger partial charge in [0.05, 0.1) is 0 Å². The quantitative estimate of drug-likeness (QED) is 0.698. The molecule has 0 saturated heterocycles. The summed E-state index contributed by atoms with van der Waals surface area (Å²) in [4.78, 5) is 11.2. The van der Waals surface area contributed by atoms with Crippen LogP contribution in [0.1, 0.15) is 32.1 Å². The van der Waals surface area contributed by atoms with Gasteiger partial charge < -0.3 is 15.8 Å². The fraction of sp³-hybridized carbons (Fsp3) is 0.727. The monoisotopic (exact) mass is 212 g/mol. The second kappa shape index (κ2) is 7.29. The van der Waals surface area contributed by atoms with E-state index in [1.807, 2.05) is 6.08 Å². The maximum atomic E-state index is 11.2. The molecule has 86 valence electrons. The van der Waals surface area contributed by atoms with E-state index in [1.165, 1.54) is 12.8 Å². The highest BCUT2D eigenvalue weighted by atomic mass is 16.6. The standard InChI is InChI=1S/C11H20N2O2/c12-8-9-13-11(14)15-10-6-4-2-1-3-5-7-10/h4,6,10H,1-3,5,7-9,12H2,(H,13,14)/b6-4-. The van der Waals surface area contributed by atoms with Crippen LogP contribution in [0, 0.1) is 0 Å². The van der Waals surface area contributed by atoms with Crippen molar-refractivity contribution in [3.05, 3.63) is 12.2 Å².